The molecule has 3 rings (SSSR count). The molecule has 26 heavy (non-hydrogen) atoms. The number of likely N-dealkylation sites (tertiary alicyclic amines) is 1. The summed E-state index contributed by atoms with van der Waals surface area (Å²) in [6.07, 6.45) is 1.80. The van der Waals surface area contributed by atoms with Crippen LogP contribution < -0.4 is 5.43 Å². The van der Waals surface area contributed by atoms with Gasteiger partial charge in [0.25, 0.3) is 5.91 Å². The molecule has 0 bridgehead atoms. The first-order valence-electron chi connectivity index (χ1n) is 9.34. The molecule has 1 heterocycles. The summed E-state index contributed by atoms with van der Waals surface area (Å²) in [5.41, 5.74) is 7.01. The molecule has 2 aromatic carbocycles. The van der Waals surface area contributed by atoms with Gasteiger partial charge in [-0.05, 0) is 29.2 Å². The minimum atomic E-state index is -0.139. The maximum Gasteiger partial charge on any atom is 0.271 e. The Morgan fingerprint density at radius 2 is 1.69 bits per heavy atom. The zero-order chi connectivity index (χ0) is 18.4. The van der Waals surface area contributed by atoms with Crippen molar-refractivity contribution in [3.8, 4) is 0 Å². The van der Waals surface area contributed by atoms with Gasteiger partial charge in [0.2, 0.25) is 0 Å². The smallest absolute Gasteiger partial charge is 0.271 e. The molecule has 0 saturated carbocycles. The van der Waals surface area contributed by atoms with Gasteiger partial charge < -0.3 is 0 Å². The number of piperidine rings is 1. The Morgan fingerprint density at radius 3 is 2.31 bits per heavy atom. The van der Waals surface area contributed by atoms with Gasteiger partial charge in [-0.15, -0.1) is 0 Å². The minimum absolute atomic E-state index is 0.139. The second-order valence-corrected chi connectivity index (χ2v) is 7.16. The van der Waals surface area contributed by atoms with Crippen LogP contribution in [0.3, 0.4) is 0 Å². The Morgan fingerprint density at radius 1 is 1.04 bits per heavy atom. The summed E-state index contributed by atoms with van der Waals surface area (Å²) in [7, 11) is 0. The molecule has 0 spiro atoms. The summed E-state index contributed by atoms with van der Waals surface area (Å²) in [6.45, 7) is 7.22. The molecule has 1 N–H and O–H groups in total. The lowest BCUT2D eigenvalue weighted by Crippen LogP contribution is -2.34. The summed E-state index contributed by atoms with van der Waals surface area (Å²) in [4.78, 5) is 14.7. The van der Waals surface area contributed by atoms with E-state index in [1.54, 1.807) is 0 Å². The number of hydrazone groups is 1. The van der Waals surface area contributed by atoms with E-state index in [9.17, 15) is 4.79 Å². The molecule has 1 fully saturated rings. The second-order valence-electron chi connectivity index (χ2n) is 7.16. The number of nitrogens with zero attached hydrogens (tertiary/aromatic N) is 2. The van der Waals surface area contributed by atoms with Crippen molar-refractivity contribution in [1.82, 2.24) is 10.3 Å². The maximum absolute atomic E-state index is 12.2. The number of carbonyl (C=O) groups is 1. The standard InChI is InChI=1S/C22H27N3O/c1-17(2)19-8-10-20(11-9-19)22(26)24-23-21-12-14-25(15-13-21)16-18-6-4-3-5-7-18/h3-11,17H,12-16H2,1-2H3,(H,24,26). The van der Waals surface area contributed by atoms with Crippen LogP contribution in [-0.2, 0) is 6.54 Å². The van der Waals surface area contributed by atoms with E-state index in [0.717, 1.165) is 38.2 Å². The van der Waals surface area contributed by atoms with Crippen LogP contribution in [0.5, 0.6) is 0 Å². The highest BCUT2D eigenvalue weighted by atomic mass is 16.2. The molecule has 1 aliphatic heterocycles. The van der Waals surface area contributed by atoms with E-state index in [1.165, 1.54) is 11.1 Å². The number of rotatable bonds is 5. The van der Waals surface area contributed by atoms with Crippen LogP contribution in [0.4, 0.5) is 0 Å². The van der Waals surface area contributed by atoms with Crippen molar-refractivity contribution in [3.05, 3.63) is 71.3 Å². The van der Waals surface area contributed by atoms with Gasteiger partial charge in [-0.3, -0.25) is 9.69 Å². The van der Waals surface area contributed by atoms with Crippen LogP contribution in [0.1, 0.15) is 54.1 Å². The second kappa shape index (κ2) is 8.77. The van der Waals surface area contributed by atoms with Crippen LogP contribution in [0.2, 0.25) is 0 Å². The van der Waals surface area contributed by atoms with Crippen molar-refractivity contribution >= 4 is 11.6 Å². The largest absolute Gasteiger partial charge is 0.298 e. The van der Waals surface area contributed by atoms with Gasteiger partial charge in [0, 0.05) is 43.8 Å². The molecular formula is C22H27N3O. The highest BCUT2D eigenvalue weighted by Gasteiger charge is 2.15. The molecule has 0 atom stereocenters. The Labute approximate surface area is 155 Å². The lowest BCUT2D eigenvalue weighted by atomic mass is 10.0. The van der Waals surface area contributed by atoms with Crippen LogP contribution >= 0.6 is 0 Å². The monoisotopic (exact) mass is 349 g/mol. The molecule has 1 saturated heterocycles. The fourth-order valence-corrected chi connectivity index (χ4v) is 3.14. The molecule has 136 valence electrons. The van der Waals surface area contributed by atoms with Gasteiger partial charge in [0.15, 0.2) is 0 Å². The zero-order valence-electron chi connectivity index (χ0n) is 15.6. The highest BCUT2D eigenvalue weighted by Crippen LogP contribution is 2.15. The molecule has 2 aromatic rings. The average molecular weight is 349 g/mol. The SMILES string of the molecule is CC(C)c1ccc(C(=O)NN=C2CCN(Cc3ccccc3)CC2)cc1. The van der Waals surface area contributed by atoms with Crippen molar-refractivity contribution in [2.75, 3.05) is 13.1 Å². The lowest BCUT2D eigenvalue weighted by Gasteiger charge is -2.27. The summed E-state index contributed by atoms with van der Waals surface area (Å²) >= 11 is 0. The Hall–Kier alpha value is -2.46. The predicted octanol–water partition coefficient (Wildman–Crippen LogP) is 4.19. The first-order valence-corrected chi connectivity index (χ1v) is 9.34. The predicted molar refractivity (Wildman–Crippen MR) is 106 cm³/mol. The van der Waals surface area contributed by atoms with Gasteiger partial charge >= 0.3 is 0 Å². The molecule has 0 aromatic heterocycles. The van der Waals surface area contributed by atoms with Gasteiger partial charge in [-0.25, -0.2) is 5.43 Å². The Bertz CT molecular complexity index is 741. The molecule has 1 amide bonds. The number of carbonyl (C=O) groups excluding carboxylic acids is 1. The number of nitrogens with one attached hydrogen (secondary N) is 1. The zero-order valence-corrected chi connectivity index (χ0v) is 15.6. The topological polar surface area (TPSA) is 44.7 Å². The summed E-state index contributed by atoms with van der Waals surface area (Å²) in [5.74, 6) is 0.327. The summed E-state index contributed by atoms with van der Waals surface area (Å²) < 4.78 is 0. The van der Waals surface area contributed by atoms with Crippen LogP contribution in [0.15, 0.2) is 59.7 Å². The van der Waals surface area contributed by atoms with Crippen molar-refractivity contribution in [2.45, 2.75) is 39.2 Å². The van der Waals surface area contributed by atoms with E-state index < -0.39 is 0 Å². The number of hydrogen-bond donors (Lipinski definition) is 1. The van der Waals surface area contributed by atoms with E-state index in [2.05, 4.69) is 53.5 Å². The third-order valence-electron chi connectivity index (χ3n) is 4.84. The fourth-order valence-electron chi connectivity index (χ4n) is 3.14. The van der Waals surface area contributed by atoms with Gasteiger partial charge in [-0.2, -0.15) is 5.10 Å². The quantitative estimate of drug-likeness (QED) is 0.823. The van der Waals surface area contributed by atoms with Crippen LogP contribution in [-0.4, -0.2) is 29.6 Å². The summed E-state index contributed by atoms with van der Waals surface area (Å²) in [6, 6.07) is 18.3. The molecule has 1 aliphatic rings. The fraction of sp³-hybridized carbons (Fsp3) is 0.364. The maximum atomic E-state index is 12.2. The molecule has 0 aliphatic carbocycles. The van der Waals surface area contributed by atoms with Gasteiger partial charge in [0.1, 0.15) is 0 Å². The summed E-state index contributed by atoms with van der Waals surface area (Å²) in [5, 5.41) is 4.35. The number of hydrogen-bond acceptors (Lipinski definition) is 3. The number of benzene rings is 2. The molecular weight excluding hydrogens is 322 g/mol. The normalized spacial score (nSPS) is 15.1. The molecule has 0 radical (unpaired) electrons. The molecule has 4 nitrogen and oxygen atoms in total. The van der Waals surface area contributed by atoms with E-state index >= 15 is 0 Å². The third-order valence-corrected chi connectivity index (χ3v) is 4.84. The van der Waals surface area contributed by atoms with E-state index in [4.69, 9.17) is 0 Å². The average Bonchev–Trinajstić information content (AvgIpc) is 2.68. The molecule has 4 heteroatoms. The van der Waals surface area contributed by atoms with Crippen molar-refractivity contribution < 1.29 is 4.79 Å². The van der Waals surface area contributed by atoms with E-state index in [0.29, 0.717) is 11.5 Å². The van der Waals surface area contributed by atoms with Crippen LogP contribution in [0.25, 0.3) is 0 Å². The van der Waals surface area contributed by atoms with Crippen molar-refractivity contribution in [3.63, 3.8) is 0 Å². The van der Waals surface area contributed by atoms with Gasteiger partial charge in [-0.1, -0.05) is 56.3 Å². The lowest BCUT2D eigenvalue weighted by molar-refractivity contribution is 0.0954. The van der Waals surface area contributed by atoms with Crippen molar-refractivity contribution in [2.24, 2.45) is 5.10 Å². The minimum Gasteiger partial charge on any atom is -0.298 e. The van der Waals surface area contributed by atoms with Crippen LogP contribution in [0, 0.1) is 0 Å². The molecule has 0 unspecified atom stereocenters. The Kier molecular flexibility index (Phi) is 6.18. The first kappa shape index (κ1) is 18.3. The van der Waals surface area contributed by atoms with Crippen molar-refractivity contribution in [1.29, 1.82) is 0 Å². The van der Waals surface area contributed by atoms with E-state index in [1.807, 2.05) is 30.3 Å². The Balaban J connectivity index is 1.48. The van der Waals surface area contributed by atoms with E-state index in [-0.39, 0.29) is 5.91 Å². The third kappa shape index (κ3) is 5.02. The first-order chi connectivity index (χ1) is 12.6. The van der Waals surface area contributed by atoms with Gasteiger partial charge in [0.05, 0.1) is 0 Å². The highest BCUT2D eigenvalue weighted by molar-refractivity contribution is 5.95. The number of amides is 1.